The SMILES string of the molecule is CC[C@@H](C)Oc1c(I)cc(/C=C2\NC(=O)N(Cc3ccc(C(=O)OC)o3)C2=O)cc1I. The van der Waals surface area contributed by atoms with Crippen LogP contribution in [0.2, 0.25) is 0 Å². The quantitative estimate of drug-likeness (QED) is 0.205. The van der Waals surface area contributed by atoms with Crippen LogP contribution in [0.1, 0.15) is 42.1 Å². The molecule has 8 nitrogen and oxygen atoms in total. The molecule has 0 unspecified atom stereocenters. The van der Waals surface area contributed by atoms with Crippen molar-refractivity contribution in [3.8, 4) is 5.75 Å². The summed E-state index contributed by atoms with van der Waals surface area (Å²) < 4.78 is 17.7. The second-order valence-corrected chi connectivity index (χ2v) is 9.11. The van der Waals surface area contributed by atoms with Crippen LogP contribution in [0.5, 0.6) is 5.75 Å². The number of amides is 3. The highest BCUT2D eigenvalue weighted by atomic mass is 127. The third kappa shape index (κ3) is 5.40. The fourth-order valence-corrected chi connectivity index (χ4v) is 4.84. The van der Waals surface area contributed by atoms with Crippen molar-refractivity contribution < 1.29 is 28.3 Å². The molecule has 1 aromatic carbocycles. The topological polar surface area (TPSA) is 98.1 Å². The maximum absolute atomic E-state index is 12.8. The average molecular weight is 650 g/mol. The molecule has 3 amide bonds. The van der Waals surface area contributed by atoms with Crippen LogP contribution < -0.4 is 10.1 Å². The molecule has 0 aliphatic carbocycles. The van der Waals surface area contributed by atoms with Gasteiger partial charge in [-0.3, -0.25) is 9.69 Å². The summed E-state index contributed by atoms with van der Waals surface area (Å²) in [5, 5.41) is 2.59. The van der Waals surface area contributed by atoms with E-state index in [0.717, 1.165) is 29.8 Å². The Kier molecular flexibility index (Phi) is 7.62. The number of halogens is 2. The van der Waals surface area contributed by atoms with E-state index < -0.39 is 17.9 Å². The van der Waals surface area contributed by atoms with Crippen molar-refractivity contribution in [2.24, 2.45) is 0 Å². The lowest BCUT2D eigenvalue weighted by Crippen LogP contribution is -2.30. The number of nitrogens with one attached hydrogen (secondary N) is 1. The van der Waals surface area contributed by atoms with Gasteiger partial charge in [0.2, 0.25) is 5.76 Å². The Bertz CT molecular complexity index is 1040. The summed E-state index contributed by atoms with van der Waals surface area (Å²) in [4.78, 5) is 37.6. The van der Waals surface area contributed by atoms with Crippen molar-refractivity contribution in [3.05, 3.63) is 54.2 Å². The van der Waals surface area contributed by atoms with Crippen LogP contribution in [0.4, 0.5) is 4.79 Å². The highest BCUT2D eigenvalue weighted by molar-refractivity contribution is 14.1. The fraction of sp³-hybridized carbons (Fsp3) is 0.286. The number of hydrogen-bond donors (Lipinski definition) is 1. The van der Waals surface area contributed by atoms with Gasteiger partial charge in [0, 0.05) is 0 Å². The van der Waals surface area contributed by atoms with Gasteiger partial charge in [0.15, 0.2) is 0 Å². The molecule has 0 radical (unpaired) electrons. The predicted octanol–water partition coefficient (Wildman–Crippen LogP) is 4.55. The van der Waals surface area contributed by atoms with E-state index in [1.807, 2.05) is 19.1 Å². The van der Waals surface area contributed by atoms with E-state index in [1.54, 1.807) is 6.08 Å². The van der Waals surface area contributed by atoms with Crippen LogP contribution >= 0.6 is 45.2 Å². The molecule has 2 heterocycles. The van der Waals surface area contributed by atoms with Crippen LogP contribution in [0.15, 0.2) is 34.4 Å². The molecule has 31 heavy (non-hydrogen) atoms. The van der Waals surface area contributed by atoms with E-state index in [2.05, 4.69) is 62.2 Å². The summed E-state index contributed by atoms with van der Waals surface area (Å²) in [6.45, 7) is 3.97. The standard InChI is InChI=1S/C21H20I2N2O6/c1-4-11(2)30-18-14(22)7-12(8-15(18)23)9-16-19(26)25(21(28)24-16)10-13-5-6-17(31-13)20(27)29-3/h5-9,11H,4,10H2,1-3H3,(H,24,28)/b16-9-/t11-/m1/s1. The molecule has 1 aliphatic heterocycles. The molecule has 0 bridgehead atoms. The van der Waals surface area contributed by atoms with Crippen LogP contribution in [0, 0.1) is 7.14 Å². The second-order valence-electron chi connectivity index (χ2n) is 6.79. The summed E-state index contributed by atoms with van der Waals surface area (Å²) >= 11 is 4.39. The fourth-order valence-electron chi connectivity index (χ4n) is 2.77. The van der Waals surface area contributed by atoms with Crippen molar-refractivity contribution >= 4 is 69.2 Å². The first kappa shape index (κ1) is 23.6. The Labute approximate surface area is 206 Å². The van der Waals surface area contributed by atoms with E-state index in [9.17, 15) is 14.4 Å². The number of hydrogen-bond acceptors (Lipinski definition) is 6. The predicted molar refractivity (Wildman–Crippen MR) is 129 cm³/mol. The molecule has 164 valence electrons. The van der Waals surface area contributed by atoms with Gasteiger partial charge < -0.3 is 19.2 Å². The third-order valence-electron chi connectivity index (χ3n) is 4.55. The largest absolute Gasteiger partial charge is 0.489 e. The molecule has 1 saturated heterocycles. The monoisotopic (exact) mass is 650 g/mol. The Morgan fingerprint density at radius 2 is 1.94 bits per heavy atom. The Morgan fingerprint density at radius 3 is 2.55 bits per heavy atom. The van der Waals surface area contributed by atoms with Gasteiger partial charge in [-0.15, -0.1) is 0 Å². The van der Waals surface area contributed by atoms with Crippen molar-refractivity contribution in [2.75, 3.05) is 7.11 Å². The number of carbonyl (C=O) groups excluding carboxylic acids is 3. The first-order valence-corrected chi connectivity index (χ1v) is 11.6. The van der Waals surface area contributed by atoms with E-state index in [4.69, 9.17) is 9.15 Å². The molecule has 0 saturated carbocycles. The van der Waals surface area contributed by atoms with Gasteiger partial charge in [0.1, 0.15) is 17.2 Å². The number of nitrogens with zero attached hydrogens (tertiary/aromatic N) is 1. The maximum atomic E-state index is 12.8. The number of furan rings is 1. The second kappa shape index (κ2) is 10.0. The summed E-state index contributed by atoms with van der Waals surface area (Å²) in [6.07, 6.45) is 2.61. The first-order chi connectivity index (χ1) is 14.7. The average Bonchev–Trinajstić information content (AvgIpc) is 3.30. The number of benzene rings is 1. The summed E-state index contributed by atoms with van der Waals surface area (Å²) in [7, 11) is 1.24. The minimum absolute atomic E-state index is 0.00386. The molecule has 0 spiro atoms. The number of imide groups is 1. The van der Waals surface area contributed by atoms with Gasteiger partial charge in [0.25, 0.3) is 5.91 Å². The van der Waals surface area contributed by atoms with E-state index in [-0.39, 0.29) is 24.1 Å². The lowest BCUT2D eigenvalue weighted by molar-refractivity contribution is -0.123. The number of esters is 1. The zero-order valence-electron chi connectivity index (χ0n) is 17.0. The van der Waals surface area contributed by atoms with Gasteiger partial charge in [-0.25, -0.2) is 9.59 Å². The summed E-state index contributed by atoms with van der Waals surface area (Å²) in [5.74, 6) is -0.00901. The number of methoxy groups -OCH3 is 1. The van der Waals surface area contributed by atoms with Gasteiger partial charge in [-0.2, -0.15) is 0 Å². The number of carbonyl (C=O) groups is 3. The summed E-state index contributed by atoms with van der Waals surface area (Å²) in [6, 6.07) is 6.18. The van der Waals surface area contributed by atoms with Crippen LogP contribution in [0.3, 0.4) is 0 Å². The normalized spacial score (nSPS) is 15.9. The third-order valence-corrected chi connectivity index (χ3v) is 6.15. The van der Waals surface area contributed by atoms with Crippen molar-refractivity contribution in [1.82, 2.24) is 10.2 Å². The van der Waals surface area contributed by atoms with Crippen LogP contribution in [-0.4, -0.2) is 36.0 Å². The van der Waals surface area contributed by atoms with Gasteiger partial charge in [-0.1, -0.05) is 6.92 Å². The maximum Gasteiger partial charge on any atom is 0.373 e. The van der Waals surface area contributed by atoms with E-state index in [0.29, 0.717) is 5.76 Å². The summed E-state index contributed by atoms with van der Waals surface area (Å²) in [5.41, 5.74) is 0.925. The van der Waals surface area contributed by atoms with Crippen molar-refractivity contribution in [3.63, 3.8) is 0 Å². The highest BCUT2D eigenvalue weighted by Gasteiger charge is 2.34. The molecule has 10 heteroatoms. The van der Waals surface area contributed by atoms with Gasteiger partial charge >= 0.3 is 12.0 Å². The van der Waals surface area contributed by atoms with E-state index in [1.165, 1.54) is 19.2 Å². The van der Waals surface area contributed by atoms with Crippen LogP contribution in [0.25, 0.3) is 6.08 Å². The number of urea groups is 1. The molecule has 1 fully saturated rings. The van der Waals surface area contributed by atoms with E-state index >= 15 is 0 Å². The van der Waals surface area contributed by atoms with Crippen LogP contribution in [-0.2, 0) is 16.1 Å². The van der Waals surface area contributed by atoms with Gasteiger partial charge in [0.05, 0.1) is 26.9 Å². The zero-order chi connectivity index (χ0) is 22.7. The molecular formula is C21H20I2N2O6. The smallest absolute Gasteiger partial charge is 0.373 e. The van der Waals surface area contributed by atoms with Crippen molar-refractivity contribution in [1.29, 1.82) is 0 Å². The molecule has 1 aliphatic rings. The Hall–Kier alpha value is -2.09. The Morgan fingerprint density at radius 1 is 1.26 bits per heavy atom. The van der Waals surface area contributed by atoms with Gasteiger partial charge in [-0.05, 0) is 94.4 Å². The minimum Gasteiger partial charge on any atom is -0.489 e. The first-order valence-electron chi connectivity index (χ1n) is 9.40. The molecule has 3 rings (SSSR count). The number of ether oxygens (including phenoxy) is 2. The lowest BCUT2D eigenvalue weighted by Gasteiger charge is -2.16. The molecule has 1 atom stereocenters. The highest BCUT2D eigenvalue weighted by Crippen LogP contribution is 2.31. The molecule has 1 N–H and O–H groups in total. The molecule has 1 aromatic heterocycles. The minimum atomic E-state index is -0.631. The molecule has 2 aromatic rings. The number of rotatable bonds is 7. The molecular weight excluding hydrogens is 630 g/mol. The Balaban J connectivity index is 1.78. The zero-order valence-corrected chi connectivity index (χ0v) is 21.3. The van der Waals surface area contributed by atoms with Crippen molar-refractivity contribution in [2.45, 2.75) is 32.9 Å². The lowest BCUT2D eigenvalue weighted by atomic mass is 10.2.